The molecular weight excluding hydrogens is 250 g/mol. The van der Waals surface area contributed by atoms with Crippen molar-refractivity contribution < 1.29 is 9.47 Å². The van der Waals surface area contributed by atoms with Crippen LogP contribution in [0.3, 0.4) is 0 Å². The molecule has 20 heavy (non-hydrogen) atoms. The van der Waals surface area contributed by atoms with E-state index in [0.29, 0.717) is 13.2 Å². The zero-order valence-corrected chi connectivity index (χ0v) is 11.4. The second-order valence-corrected chi connectivity index (χ2v) is 4.14. The third-order valence-electron chi connectivity index (χ3n) is 2.74. The molecule has 0 atom stereocenters. The van der Waals surface area contributed by atoms with Crippen molar-refractivity contribution in [2.24, 2.45) is 5.73 Å². The average molecular weight is 267 g/mol. The summed E-state index contributed by atoms with van der Waals surface area (Å²) < 4.78 is 11.0. The number of hydrogen-bond donors (Lipinski definition) is 1. The molecule has 3 nitrogen and oxygen atoms in total. The second kappa shape index (κ2) is 7.22. The highest BCUT2D eigenvalue weighted by Crippen LogP contribution is 2.20. The first-order valence-electron chi connectivity index (χ1n) is 6.37. The SMILES string of the molecule is COc1ccc(COc2ccccc2)cc1C#CCN. The fourth-order valence-electron chi connectivity index (χ4n) is 1.77. The quantitative estimate of drug-likeness (QED) is 0.866. The highest BCUT2D eigenvalue weighted by Gasteiger charge is 2.03. The Bertz CT molecular complexity index is 612. The van der Waals surface area contributed by atoms with Crippen LogP contribution in [0.5, 0.6) is 11.5 Å². The van der Waals surface area contributed by atoms with Gasteiger partial charge in [-0.2, -0.15) is 0 Å². The molecule has 0 spiro atoms. The van der Waals surface area contributed by atoms with Gasteiger partial charge >= 0.3 is 0 Å². The van der Waals surface area contributed by atoms with Gasteiger partial charge in [0, 0.05) is 0 Å². The number of para-hydroxylation sites is 1. The van der Waals surface area contributed by atoms with E-state index in [0.717, 1.165) is 22.6 Å². The second-order valence-electron chi connectivity index (χ2n) is 4.14. The largest absolute Gasteiger partial charge is 0.495 e. The van der Waals surface area contributed by atoms with Crippen molar-refractivity contribution in [3.05, 3.63) is 59.7 Å². The van der Waals surface area contributed by atoms with Gasteiger partial charge in [-0.3, -0.25) is 0 Å². The predicted molar refractivity (Wildman–Crippen MR) is 79.7 cm³/mol. The molecule has 0 saturated heterocycles. The van der Waals surface area contributed by atoms with Crippen LogP contribution in [0.1, 0.15) is 11.1 Å². The topological polar surface area (TPSA) is 44.5 Å². The minimum atomic E-state index is 0.327. The van der Waals surface area contributed by atoms with E-state index in [2.05, 4.69) is 11.8 Å². The molecule has 0 aromatic heterocycles. The maximum Gasteiger partial charge on any atom is 0.134 e. The molecule has 0 amide bonds. The van der Waals surface area contributed by atoms with Crippen LogP contribution >= 0.6 is 0 Å². The van der Waals surface area contributed by atoms with E-state index in [1.807, 2.05) is 48.5 Å². The average Bonchev–Trinajstić information content (AvgIpc) is 2.52. The van der Waals surface area contributed by atoms with Gasteiger partial charge in [-0.15, -0.1) is 0 Å². The van der Waals surface area contributed by atoms with E-state index in [4.69, 9.17) is 15.2 Å². The number of rotatable bonds is 4. The van der Waals surface area contributed by atoms with Crippen molar-refractivity contribution in [2.75, 3.05) is 13.7 Å². The van der Waals surface area contributed by atoms with Gasteiger partial charge in [-0.05, 0) is 29.8 Å². The fourth-order valence-corrected chi connectivity index (χ4v) is 1.77. The molecule has 2 aromatic carbocycles. The van der Waals surface area contributed by atoms with Gasteiger partial charge in [0.15, 0.2) is 0 Å². The van der Waals surface area contributed by atoms with Gasteiger partial charge in [0.25, 0.3) is 0 Å². The van der Waals surface area contributed by atoms with Gasteiger partial charge in [0.05, 0.1) is 19.2 Å². The van der Waals surface area contributed by atoms with Crippen LogP contribution in [0.2, 0.25) is 0 Å². The number of nitrogens with two attached hydrogens (primary N) is 1. The summed E-state index contributed by atoms with van der Waals surface area (Å²) in [7, 11) is 1.63. The Balaban J connectivity index is 2.12. The van der Waals surface area contributed by atoms with E-state index in [1.165, 1.54) is 0 Å². The first-order valence-corrected chi connectivity index (χ1v) is 6.37. The normalized spacial score (nSPS) is 9.50. The molecule has 3 heteroatoms. The Kier molecular flexibility index (Phi) is 5.05. The molecule has 2 N–H and O–H groups in total. The first kappa shape index (κ1) is 14.0. The molecule has 0 aliphatic rings. The van der Waals surface area contributed by atoms with Crippen LogP contribution in [-0.2, 0) is 6.61 Å². The third-order valence-corrected chi connectivity index (χ3v) is 2.74. The number of benzene rings is 2. The van der Waals surface area contributed by atoms with Gasteiger partial charge in [-0.25, -0.2) is 0 Å². The number of ether oxygens (including phenoxy) is 2. The van der Waals surface area contributed by atoms with E-state index in [9.17, 15) is 0 Å². The fraction of sp³-hybridized carbons (Fsp3) is 0.176. The smallest absolute Gasteiger partial charge is 0.134 e. The lowest BCUT2D eigenvalue weighted by Crippen LogP contribution is -1.98. The molecule has 0 aliphatic heterocycles. The highest BCUT2D eigenvalue weighted by molar-refractivity contribution is 5.48. The monoisotopic (exact) mass is 267 g/mol. The molecule has 0 aliphatic carbocycles. The summed E-state index contributed by atoms with van der Waals surface area (Å²) in [4.78, 5) is 0. The van der Waals surface area contributed by atoms with Crippen molar-refractivity contribution in [3.8, 4) is 23.3 Å². The Morgan fingerprint density at radius 3 is 2.60 bits per heavy atom. The van der Waals surface area contributed by atoms with E-state index >= 15 is 0 Å². The van der Waals surface area contributed by atoms with Gasteiger partial charge in [-0.1, -0.05) is 36.1 Å². The Labute approximate surface area is 119 Å². The van der Waals surface area contributed by atoms with Crippen LogP contribution in [0.15, 0.2) is 48.5 Å². The van der Waals surface area contributed by atoms with Gasteiger partial charge in [0.1, 0.15) is 18.1 Å². The molecule has 2 rings (SSSR count). The molecule has 2 aromatic rings. The number of methoxy groups -OCH3 is 1. The summed E-state index contributed by atoms with van der Waals surface area (Å²) in [5.41, 5.74) is 7.27. The van der Waals surface area contributed by atoms with Crippen LogP contribution in [-0.4, -0.2) is 13.7 Å². The summed E-state index contributed by atoms with van der Waals surface area (Å²) in [6.07, 6.45) is 0. The van der Waals surface area contributed by atoms with Crippen molar-refractivity contribution >= 4 is 0 Å². The Hall–Kier alpha value is -2.44. The molecule has 0 unspecified atom stereocenters. The van der Waals surface area contributed by atoms with Crippen LogP contribution in [0.25, 0.3) is 0 Å². The highest BCUT2D eigenvalue weighted by atomic mass is 16.5. The molecule has 0 fully saturated rings. The predicted octanol–water partition coefficient (Wildman–Crippen LogP) is 2.58. The Morgan fingerprint density at radius 1 is 1.10 bits per heavy atom. The zero-order valence-electron chi connectivity index (χ0n) is 11.4. The summed E-state index contributed by atoms with van der Waals surface area (Å²) in [6, 6.07) is 15.5. The van der Waals surface area contributed by atoms with Gasteiger partial charge < -0.3 is 15.2 Å². The van der Waals surface area contributed by atoms with Crippen molar-refractivity contribution in [2.45, 2.75) is 6.61 Å². The maximum absolute atomic E-state index is 5.71. The summed E-state index contributed by atoms with van der Waals surface area (Å²) in [5, 5.41) is 0. The molecular formula is C17H17NO2. The van der Waals surface area contributed by atoms with Crippen molar-refractivity contribution in [1.82, 2.24) is 0 Å². The summed E-state index contributed by atoms with van der Waals surface area (Å²) >= 11 is 0. The van der Waals surface area contributed by atoms with E-state index in [-0.39, 0.29) is 0 Å². The summed E-state index contributed by atoms with van der Waals surface area (Å²) in [5.74, 6) is 7.43. The van der Waals surface area contributed by atoms with Crippen molar-refractivity contribution in [3.63, 3.8) is 0 Å². The lowest BCUT2D eigenvalue weighted by molar-refractivity contribution is 0.306. The molecule has 0 bridgehead atoms. The van der Waals surface area contributed by atoms with Crippen LogP contribution in [0.4, 0.5) is 0 Å². The third kappa shape index (κ3) is 3.78. The number of hydrogen-bond acceptors (Lipinski definition) is 3. The maximum atomic E-state index is 5.71. The van der Waals surface area contributed by atoms with Crippen LogP contribution < -0.4 is 15.2 Å². The summed E-state index contributed by atoms with van der Waals surface area (Å²) in [6.45, 7) is 0.819. The van der Waals surface area contributed by atoms with Gasteiger partial charge in [0.2, 0.25) is 0 Å². The molecule has 102 valence electrons. The molecule has 0 saturated carbocycles. The minimum Gasteiger partial charge on any atom is -0.495 e. The standard InChI is InChI=1S/C17H17NO2/c1-19-17-10-9-14(12-15(17)6-5-11-18)13-20-16-7-3-2-4-8-16/h2-4,7-10,12H,11,13,18H2,1H3. The molecule has 0 heterocycles. The lowest BCUT2D eigenvalue weighted by atomic mass is 10.1. The minimum absolute atomic E-state index is 0.327. The lowest BCUT2D eigenvalue weighted by Gasteiger charge is -2.08. The zero-order chi connectivity index (χ0) is 14.2. The molecule has 0 radical (unpaired) electrons. The van der Waals surface area contributed by atoms with E-state index in [1.54, 1.807) is 7.11 Å². The first-order chi connectivity index (χ1) is 9.83. The van der Waals surface area contributed by atoms with Crippen LogP contribution in [0, 0.1) is 11.8 Å². The van der Waals surface area contributed by atoms with E-state index < -0.39 is 0 Å². The Morgan fingerprint density at radius 2 is 1.90 bits per heavy atom. The van der Waals surface area contributed by atoms with Crippen molar-refractivity contribution in [1.29, 1.82) is 0 Å².